The van der Waals surface area contributed by atoms with Gasteiger partial charge >= 0.3 is 12.1 Å². The van der Waals surface area contributed by atoms with E-state index in [0.717, 1.165) is 63.5 Å². The molecule has 2 heterocycles. The van der Waals surface area contributed by atoms with Crippen LogP contribution in [0, 0.1) is 21.4 Å². The zero-order valence-corrected chi connectivity index (χ0v) is 23.2. The minimum absolute atomic E-state index is 0.0519. The number of nitro benzene ring substituents is 1. The number of carboxylic acids is 1. The Hall–Kier alpha value is -3.67. The van der Waals surface area contributed by atoms with Gasteiger partial charge < -0.3 is 14.7 Å². The maximum absolute atomic E-state index is 12.8. The third-order valence-corrected chi connectivity index (χ3v) is 7.38. The standard InChI is InChI=1S/C27H35N3O4.C2HF3O2/c1-21(2)19-34-25-6-4-3-5-23(25)18-28-14-11-27(20-28)12-15-29(16-13-27)26(31)17-22-7-9-24(10-8-22)30(32)33;3-2(4,5)1(6)7/h3-10,21H,11-20H2,1-2H3;(H,6,7). The molecular weight excluding hydrogens is 543 g/mol. The molecule has 2 aliphatic rings. The van der Waals surface area contributed by atoms with Crippen molar-refractivity contribution in [2.75, 3.05) is 32.8 Å². The minimum Gasteiger partial charge on any atom is -0.493 e. The van der Waals surface area contributed by atoms with E-state index in [2.05, 4.69) is 36.9 Å². The van der Waals surface area contributed by atoms with E-state index < -0.39 is 17.1 Å². The number of aliphatic carboxylic acids is 1. The van der Waals surface area contributed by atoms with E-state index in [1.54, 1.807) is 12.1 Å². The lowest BCUT2D eigenvalue weighted by atomic mass is 9.77. The molecule has 1 spiro atoms. The molecule has 2 saturated heterocycles. The summed E-state index contributed by atoms with van der Waals surface area (Å²) in [6.07, 6.45) is -1.56. The van der Waals surface area contributed by atoms with Crippen molar-refractivity contribution in [3.8, 4) is 5.75 Å². The molecule has 1 N–H and O–H groups in total. The van der Waals surface area contributed by atoms with Crippen molar-refractivity contribution in [2.45, 2.75) is 52.3 Å². The molecule has 12 heteroatoms. The van der Waals surface area contributed by atoms with Gasteiger partial charge in [0, 0.05) is 43.9 Å². The lowest BCUT2D eigenvalue weighted by Gasteiger charge is -2.39. The van der Waals surface area contributed by atoms with Gasteiger partial charge in [-0.2, -0.15) is 13.2 Å². The molecule has 0 bridgehead atoms. The average molecular weight is 580 g/mol. The van der Waals surface area contributed by atoms with Crippen molar-refractivity contribution in [2.24, 2.45) is 11.3 Å². The van der Waals surface area contributed by atoms with Crippen molar-refractivity contribution >= 4 is 17.6 Å². The molecule has 41 heavy (non-hydrogen) atoms. The second-order valence-corrected chi connectivity index (χ2v) is 11.1. The van der Waals surface area contributed by atoms with E-state index in [0.29, 0.717) is 12.3 Å². The highest BCUT2D eigenvalue weighted by Gasteiger charge is 2.41. The predicted octanol–water partition coefficient (Wildman–Crippen LogP) is 5.32. The molecule has 0 aliphatic carbocycles. The Labute approximate surface area is 237 Å². The summed E-state index contributed by atoms with van der Waals surface area (Å²) in [5.74, 6) is -1.16. The SMILES string of the molecule is CC(C)COc1ccccc1CN1CCC2(CCN(C(=O)Cc3ccc([N+](=O)[O-])cc3)CC2)C1.O=C(O)C(F)(F)F. The second-order valence-electron chi connectivity index (χ2n) is 11.1. The van der Waals surface area contributed by atoms with Crippen LogP contribution in [-0.4, -0.2) is 70.7 Å². The number of halogens is 3. The van der Waals surface area contributed by atoms with Crippen LogP contribution in [0.1, 0.15) is 44.2 Å². The first-order chi connectivity index (χ1) is 19.3. The number of ether oxygens (including phenoxy) is 1. The van der Waals surface area contributed by atoms with Crippen LogP contribution < -0.4 is 4.74 Å². The Balaban J connectivity index is 0.000000587. The molecule has 9 nitrogen and oxygen atoms in total. The number of alkyl halides is 3. The quantitative estimate of drug-likeness (QED) is 0.333. The predicted molar refractivity (Wildman–Crippen MR) is 145 cm³/mol. The smallest absolute Gasteiger partial charge is 0.490 e. The molecule has 0 atom stereocenters. The van der Waals surface area contributed by atoms with Crippen LogP contribution >= 0.6 is 0 Å². The molecule has 0 unspecified atom stereocenters. The molecule has 0 saturated carbocycles. The minimum atomic E-state index is -5.08. The summed E-state index contributed by atoms with van der Waals surface area (Å²) in [5.41, 5.74) is 2.41. The molecule has 2 aromatic carbocycles. The Morgan fingerprint density at radius 2 is 1.63 bits per heavy atom. The molecule has 0 aromatic heterocycles. The van der Waals surface area contributed by atoms with Crippen LogP contribution in [0.4, 0.5) is 18.9 Å². The summed E-state index contributed by atoms with van der Waals surface area (Å²) in [4.78, 5) is 36.6. The summed E-state index contributed by atoms with van der Waals surface area (Å²) in [5, 5.41) is 17.9. The fourth-order valence-corrected chi connectivity index (χ4v) is 5.10. The van der Waals surface area contributed by atoms with E-state index in [9.17, 15) is 28.1 Å². The second kappa shape index (κ2) is 13.8. The first-order valence-electron chi connectivity index (χ1n) is 13.5. The van der Waals surface area contributed by atoms with Gasteiger partial charge in [0.25, 0.3) is 5.69 Å². The number of carbonyl (C=O) groups is 2. The van der Waals surface area contributed by atoms with E-state index >= 15 is 0 Å². The molecule has 2 aromatic rings. The Morgan fingerprint density at radius 1 is 1.05 bits per heavy atom. The number of amides is 1. The van der Waals surface area contributed by atoms with Crippen molar-refractivity contribution < 1.29 is 37.5 Å². The Bertz CT molecular complexity index is 1200. The largest absolute Gasteiger partial charge is 0.493 e. The first-order valence-corrected chi connectivity index (χ1v) is 13.5. The number of hydrogen-bond donors (Lipinski definition) is 1. The molecule has 2 aliphatic heterocycles. The number of piperidine rings is 1. The van der Waals surface area contributed by atoms with Crippen LogP contribution in [-0.2, 0) is 22.6 Å². The van der Waals surface area contributed by atoms with Crippen molar-refractivity contribution in [1.29, 1.82) is 0 Å². The summed E-state index contributed by atoms with van der Waals surface area (Å²) >= 11 is 0. The zero-order chi connectivity index (χ0) is 30.2. The van der Waals surface area contributed by atoms with E-state index in [1.807, 2.05) is 11.0 Å². The molecular formula is C29H36F3N3O6. The fraction of sp³-hybridized carbons (Fsp3) is 0.517. The Morgan fingerprint density at radius 3 is 2.20 bits per heavy atom. The topological polar surface area (TPSA) is 113 Å². The highest BCUT2D eigenvalue weighted by atomic mass is 19.4. The van der Waals surface area contributed by atoms with Crippen LogP contribution in [0.5, 0.6) is 5.75 Å². The number of benzene rings is 2. The highest BCUT2D eigenvalue weighted by Crippen LogP contribution is 2.41. The number of nitrogens with zero attached hydrogens (tertiary/aromatic N) is 3. The van der Waals surface area contributed by atoms with Crippen molar-refractivity contribution in [3.63, 3.8) is 0 Å². The van der Waals surface area contributed by atoms with E-state index in [1.165, 1.54) is 24.1 Å². The highest BCUT2D eigenvalue weighted by molar-refractivity contribution is 5.79. The van der Waals surface area contributed by atoms with Gasteiger partial charge in [-0.05, 0) is 48.8 Å². The molecule has 4 rings (SSSR count). The number of rotatable bonds is 8. The van der Waals surface area contributed by atoms with Gasteiger partial charge in [-0.25, -0.2) is 4.79 Å². The fourth-order valence-electron chi connectivity index (χ4n) is 5.10. The van der Waals surface area contributed by atoms with Crippen LogP contribution in [0.2, 0.25) is 0 Å². The lowest BCUT2D eigenvalue weighted by molar-refractivity contribution is -0.384. The average Bonchev–Trinajstić information content (AvgIpc) is 3.30. The number of carbonyl (C=O) groups excluding carboxylic acids is 1. The first kappa shape index (κ1) is 31.9. The van der Waals surface area contributed by atoms with Crippen LogP contribution in [0.25, 0.3) is 0 Å². The van der Waals surface area contributed by atoms with Crippen LogP contribution in [0.3, 0.4) is 0 Å². The number of para-hydroxylation sites is 1. The third kappa shape index (κ3) is 9.44. The summed E-state index contributed by atoms with van der Waals surface area (Å²) in [6.45, 7) is 9.67. The van der Waals surface area contributed by atoms with Gasteiger partial charge in [-0.15, -0.1) is 0 Å². The number of nitro groups is 1. The lowest BCUT2D eigenvalue weighted by Crippen LogP contribution is -2.44. The molecule has 1 amide bonds. The van der Waals surface area contributed by atoms with E-state index in [4.69, 9.17) is 14.6 Å². The van der Waals surface area contributed by atoms with E-state index in [-0.39, 0.29) is 17.0 Å². The molecule has 2 fully saturated rings. The van der Waals surface area contributed by atoms with Gasteiger partial charge in [-0.3, -0.25) is 19.8 Å². The molecule has 224 valence electrons. The summed E-state index contributed by atoms with van der Waals surface area (Å²) < 4.78 is 37.8. The number of carboxylic acid groups (broad SMARTS) is 1. The monoisotopic (exact) mass is 579 g/mol. The van der Waals surface area contributed by atoms with Gasteiger partial charge in [0.15, 0.2) is 0 Å². The van der Waals surface area contributed by atoms with Gasteiger partial charge in [-0.1, -0.05) is 44.2 Å². The van der Waals surface area contributed by atoms with Gasteiger partial charge in [0.2, 0.25) is 5.91 Å². The van der Waals surface area contributed by atoms with Gasteiger partial charge in [0.05, 0.1) is 18.0 Å². The zero-order valence-electron chi connectivity index (χ0n) is 23.2. The maximum Gasteiger partial charge on any atom is 0.490 e. The number of hydrogen-bond acceptors (Lipinski definition) is 6. The Kier molecular flexibility index (Phi) is 10.7. The van der Waals surface area contributed by atoms with Crippen LogP contribution in [0.15, 0.2) is 48.5 Å². The summed E-state index contributed by atoms with van der Waals surface area (Å²) in [7, 11) is 0. The maximum atomic E-state index is 12.8. The molecule has 0 radical (unpaired) electrons. The van der Waals surface area contributed by atoms with Crippen molar-refractivity contribution in [3.05, 3.63) is 69.8 Å². The van der Waals surface area contributed by atoms with Gasteiger partial charge in [0.1, 0.15) is 5.75 Å². The number of non-ortho nitro benzene ring substituents is 1. The summed E-state index contributed by atoms with van der Waals surface area (Å²) in [6, 6.07) is 14.6. The number of likely N-dealkylation sites (tertiary alicyclic amines) is 2. The normalized spacial score (nSPS) is 16.8. The van der Waals surface area contributed by atoms with Crippen molar-refractivity contribution in [1.82, 2.24) is 9.80 Å². The third-order valence-electron chi connectivity index (χ3n) is 7.38.